The van der Waals surface area contributed by atoms with Crippen LogP contribution in [0.2, 0.25) is 0 Å². The van der Waals surface area contributed by atoms with E-state index in [4.69, 9.17) is 4.74 Å². The quantitative estimate of drug-likeness (QED) is 0.848. The lowest BCUT2D eigenvalue weighted by molar-refractivity contribution is -0.131. The largest absolute Gasteiger partial charge is 0.492 e. The van der Waals surface area contributed by atoms with E-state index >= 15 is 0 Å². The number of ether oxygens (including phenoxy) is 1. The molecule has 0 aromatic heterocycles. The predicted molar refractivity (Wildman–Crippen MR) is 79.2 cm³/mol. The Labute approximate surface area is 123 Å². The Morgan fingerprint density at radius 3 is 2.79 bits per heavy atom. The maximum Gasteiger partial charge on any atom is 0.222 e. The minimum absolute atomic E-state index is 0.267. The zero-order valence-electron chi connectivity index (χ0n) is 11.3. The molecule has 1 saturated heterocycles. The molecule has 1 heterocycles. The van der Waals surface area contributed by atoms with Crippen LogP contribution < -0.4 is 4.74 Å². The summed E-state index contributed by atoms with van der Waals surface area (Å²) in [6.45, 7) is 4.32. The monoisotopic (exact) mass is 325 g/mol. The molecule has 0 radical (unpaired) electrons. The van der Waals surface area contributed by atoms with Gasteiger partial charge in [0.1, 0.15) is 12.4 Å². The highest BCUT2D eigenvalue weighted by atomic mass is 79.9. The first-order chi connectivity index (χ1) is 9.15. The Morgan fingerprint density at radius 2 is 2.05 bits per heavy atom. The van der Waals surface area contributed by atoms with Crippen molar-refractivity contribution in [3.63, 3.8) is 0 Å². The van der Waals surface area contributed by atoms with Gasteiger partial charge in [0.05, 0.1) is 6.54 Å². The third kappa shape index (κ3) is 4.53. The van der Waals surface area contributed by atoms with Gasteiger partial charge in [-0.2, -0.15) is 0 Å². The van der Waals surface area contributed by atoms with Crippen LogP contribution in [-0.4, -0.2) is 30.5 Å². The number of carbonyl (C=O) groups is 1. The number of carbonyl (C=O) groups excluding carboxylic acids is 1. The fourth-order valence-corrected chi connectivity index (χ4v) is 2.48. The second-order valence-electron chi connectivity index (χ2n) is 5.12. The van der Waals surface area contributed by atoms with Gasteiger partial charge in [0.15, 0.2) is 0 Å². The number of benzene rings is 1. The molecule has 1 aromatic rings. The fourth-order valence-electron chi connectivity index (χ4n) is 2.21. The molecular formula is C15H20BrNO2. The first-order valence-corrected chi connectivity index (χ1v) is 7.60. The lowest BCUT2D eigenvalue weighted by Crippen LogP contribution is -2.34. The minimum Gasteiger partial charge on any atom is -0.492 e. The third-order valence-corrected chi connectivity index (χ3v) is 4.07. The molecule has 1 aliphatic heterocycles. The number of halogens is 1. The van der Waals surface area contributed by atoms with Crippen molar-refractivity contribution in [1.82, 2.24) is 4.90 Å². The van der Waals surface area contributed by atoms with Crippen molar-refractivity contribution >= 4 is 21.8 Å². The number of nitrogens with zero attached hydrogens (tertiary/aromatic N) is 1. The molecule has 1 atom stereocenters. The number of likely N-dealkylation sites (tertiary alicyclic amines) is 1. The zero-order valence-corrected chi connectivity index (χ0v) is 12.9. The van der Waals surface area contributed by atoms with Crippen molar-refractivity contribution in [1.29, 1.82) is 0 Å². The van der Waals surface area contributed by atoms with E-state index in [0.717, 1.165) is 29.6 Å². The Morgan fingerprint density at radius 1 is 1.32 bits per heavy atom. The van der Waals surface area contributed by atoms with Gasteiger partial charge in [-0.25, -0.2) is 0 Å². The van der Waals surface area contributed by atoms with E-state index in [2.05, 4.69) is 22.9 Å². The Bertz CT molecular complexity index is 419. The second kappa shape index (κ2) is 6.94. The average Bonchev–Trinajstić information content (AvgIpc) is 2.56. The molecule has 1 unspecified atom stereocenters. The lowest BCUT2D eigenvalue weighted by Gasteiger charge is -2.20. The first kappa shape index (κ1) is 14.4. The van der Waals surface area contributed by atoms with Crippen LogP contribution in [0.4, 0.5) is 0 Å². The highest BCUT2D eigenvalue weighted by molar-refractivity contribution is 9.10. The molecule has 19 heavy (non-hydrogen) atoms. The van der Waals surface area contributed by atoms with Crippen molar-refractivity contribution < 1.29 is 9.53 Å². The molecular weight excluding hydrogens is 306 g/mol. The van der Waals surface area contributed by atoms with E-state index in [1.807, 2.05) is 29.2 Å². The standard InChI is InChI=1S/C15H20BrNO2/c1-12-2-7-15(18)17(9-8-12)10-11-19-14-5-3-13(16)4-6-14/h3-6,12H,2,7-11H2,1H3. The van der Waals surface area contributed by atoms with Gasteiger partial charge in [-0.15, -0.1) is 0 Å². The first-order valence-electron chi connectivity index (χ1n) is 6.81. The van der Waals surface area contributed by atoms with Gasteiger partial charge in [-0.3, -0.25) is 4.79 Å². The maximum absolute atomic E-state index is 11.9. The van der Waals surface area contributed by atoms with Crippen LogP contribution in [0.1, 0.15) is 26.2 Å². The highest BCUT2D eigenvalue weighted by Crippen LogP contribution is 2.18. The number of amides is 1. The molecule has 0 saturated carbocycles. The van der Waals surface area contributed by atoms with Gasteiger partial charge in [-0.05, 0) is 43.0 Å². The van der Waals surface area contributed by atoms with E-state index in [9.17, 15) is 4.79 Å². The smallest absolute Gasteiger partial charge is 0.222 e. The van der Waals surface area contributed by atoms with Crippen LogP contribution in [0.25, 0.3) is 0 Å². The number of hydrogen-bond acceptors (Lipinski definition) is 2. The summed E-state index contributed by atoms with van der Waals surface area (Å²) < 4.78 is 6.70. The Kier molecular flexibility index (Phi) is 5.25. The predicted octanol–water partition coefficient (Wildman–Crippen LogP) is 3.48. The van der Waals surface area contributed by atoms with Crippen molar-refractivity contribution in [2.45, 2.75) is 26.2 Å². The van der Waals surface area contributed by atoms with Crippen LogP contribution in [-0.2, 0) is 4.79 Å². The fraction of sp³-hybridized carbons (Fsp3) is 0.533. The molecule has 1 amide bonds. The molecule has 2 rings (SSSR count). The molecule has 1 aliphatic rings. The lowest BCUT2D eigenvalue weighted by atomic mass is 10.0. The summed E-state index contributed by atoms with van der Waals surface area (Å²) in [5.41, 5.74) is 0. The van der Waals surface area contributed by atoms with E-state index in [0.29, 0.717) is 25.5 Å². The summed E-state index contributed by atoms with van der Waals surface area (Å²) in [6.07, 6.45) is 2.80. The molecule has 1 fully saturated rings. The maximum atomic E-state index is 11.9. The number of rotatable bonds is 4. The van der Waals surface area contributed by atoms with Gasteiger partial charge in [0, 0.05) is 17.4 Å². The Hall–Kier alpha value is -1.03. The van der Waals surface area contributed by atoms with Crippen LogP contribution >= 0.6 is 15.9 Å². The van der Waals surface area contributed by atoms with Crippen molar-refractivity contribution in [3.05, 3.63) is 28.7 Å². The van der Waals surface area contributed by atoms with Crippen LogP contribution in [0.5, 0.6) is 5.75 Å². The van der Waals surface area contributed by atoms with Gasteiger partial charge in [0.25, 0.3) is 0 Å². The number of hydrogen-bond donors (Lipinski definition) is 0. The summed E-state index contributed by atoms with van der Waals surface area (Å²) in [6, 6.07) is 7.76. The molecule has 3 nitrogen and oxygen atoms in total. The van der Waals surface area contributed by atoms with Gasteiger partial charge >= 0.3 is 0 Å². The topological polar surface area (TPSA) is 29.5 Å². The van der Waals surface area contributed by atoms with Crippen molar-refractivity contribution in [3.8, 4) is 5.75 Å². The molecule has 0 spiro atoms. The van der Waals surface area contributed by atoms with Gasteiger partial charge in [-0.1, -0.05) is 22.9 Å². The van der Waals surface area contributed by atoms with Crippen LogP contribution in [0, 0.1) is 5.92 Å². The van der Waals surface area contributed by atoms with Gasteiger partial charge < -0.3 is 9.64 Å². The molecule has 4 heteroatoms. The third-order valence-electron chi connectivity index (χ3n) is 3.54. The molecule has 104 valence electrons. The summed E-state index contributed by atoms with van der Waals surface area (Å²) in [4.78, 5) is 13.8. The van der Waals surface area contributed by atoms with Crippen molar-refractivity contribution in [2.75, 3.05) is 19.7 Å². The van der Waals surface area contributed by atoms with E-state index in [1.165, 1.54) is 0 Å². The molecule has 0 aliphatic carbocycles. The summed E-state index contributed by atoms with van der Waals surface area (Å²) in [5.74, 6) is 1.77. The molecule has 0 N–H and O–H groups in total. The zero-order chi connectivity index (χ0) is 13.7. The molecule has 0 bridgehead atoms. The van der Waals surface area contributed by atoms with Crippen molar-refractivity contribution in [2.24, 2.45) is 5.92 Å². The molecule has 1 aromatic carbocycles. The minimum atomic E-state index is 0.267. The normalized spacial score (nSPS) is 20.2. The van der Waals surface area contributed by atoms with Crippen LogP contribution in [0.15, 0.2) is 28.7 Å². The Balaban J connectivity index is 1.78. The average molecular weight is 326 g/mol. The van der Waals surface area contributed by atoms with Crippen LogP contribution in [0.3, 0.4) is 0 Å². The summed E-state index contributed by atoms with van der Waals surface area (Å²) in [5, 5.41) is 0. The van der Waals surface area contributed by atoms with Gasteiger partial charge in [0.2, 0.25) is 5.91 Å². The summed E-state index contributed by atoms with van der Waals surface area (Å²) in [7, 11) is 0. The van der Waals surface area contributed by atoms with E-state index in [-0.39, 0.29) is 5.91 Å². The second-order valence-corrected chi connectivity index (χ2v) is 6.03. The SMILES string of the molecule is CC1CCC(=O)N(CCOc2ccc(Br)cc2)CC1. The van der Waals surface area contributed by atoms with E-state index < -0.39 is 0 Å². The highest BCUT2D eigenvalue weighted by Gasteiger charge is 2.19. The van der Waals surface area contributed by atoms with E-state index in [1.54, 1.807) is 0 Å². The summed E-state index contributed by atoms with van der Waals surface area (Å²) >= 11 is 3.39.